The number of imidazole rings is 1. The second-order valence-electron chi connectivity index (χ2n) is 3.75. The number of aromatic nitrogens is 4. The van der Waals surface area contributed by atoms with Crippen molar-refractivity contribution in [2.24, 2.45) is 7.05 Å². The van der Waals surface area contributed by atoms with E-state index < -0.39 is 0 Å². The summed E-state index contributed by atoms with van der Waals surface area (Å²) in [6, 6.07) is 7.56. The number of H-pyrrole nitrogens is 1. The molecule has 17 heavy (non-hydrogen) atoms. The summed E-state index contributed by atoms with van der Waals surface area (Å²) in [6.45, 7) is 0. The zero-order valence-electron chi connectivity index (χ0n) is 9.01. The topological polar surface area (TPSA) is 38.5 Å². The molecule has 0 saturated carbocycles. The number of nitrogens with one attached hydrogen (secondary N) is 1. The van der Waals surface area contributed by atoms with Gasteiger partial charge >= 0.3 is 0 Å². The Morgan fingerprint density at radius 1 is 1.35 bits per heavy atom. The van der Waals surface area contributed by atoms with Gasteiger partial charge in [-0.1, -0.05) is 17.7 Å². The molecule has 1 N–H and O–H groups in total. The third kappa shape index (κ3) is 1.59. The second kappa shape index (κ2) is 3.72. The highest BCUT2D eigenvalue weighted by Gasteiger charge is 2.11. The van der Waals surface area contributed by atoms with E-state index in [-0.39, 0.29) is 0 Å². The lowest BCUT2D eigenvalue weighted by Gasteiger charge is -2.01. The molecule has 6 heteroatoms. The monoisotopic (exact) mass is 264 g/mol. The summed E-state index contributed by atoms with van der Waals surface area (Å²) >= 11 is 11.5. The molecule has 0 aliphatic heterocycles. The molecule has 0 bridgehead atoms. The number of para-hydroxylation sites is 1. The molecule has 2 heterocycles. The average Bonchev–Trinajstić information content (AvgIpc) is 2.82. The Bertz CT molecular complexity index is 752. The average molecular weight is 265 g/mol. The number of aromatic amines is 1. The number of halogens is 1. The predicted octanol–water partition coefficient (Wildman–Crippen LogP) is 3.07. The molecule has 2 aromatic heterocycles. The highest BCUT2D eigenvalue weighted by Crippen LogP contribution is 2.25. The molecule has 0 fully saturated rings. The first-order valence-electron chi connectivity index (χ1n) is 5.06. The number of fused-ring (bicyclic) bond motifs is 1. The molecule has 0 spiro atoms. The molecule has 0 aliphatic carbocycles. The summed E-state index contributed by atoms with van der Waals surface area (Å²) in [5.74, 6) is 0.761. The Labute approximate surface area is 107 Å². The molecule has 1 aromatic carbocycles. The maximum Gasteiger partial charge on any atom is 0.184 e. The highest BCUT2D eigenvalue weighted by atomic mass is 35.5. The lowest BCUT2D eigenvalue weighted by Crippen LogP contribution is -1.97. The summed E-state index contributed by atoms with van der Waals surface area (Å²) in [6.07, 6.45) is 1.87. The molecule has 86 valence electrons. The summed E-state index contributed by atoms with van der Waals surface area (Å²) in [5.41, 5.74) is 1.77. The first kappa shape index (κ1) is 10.6. The van der Waals surface area contributed by atoms with Crippen LogP contribution in [0.4, 0.5) is 0 Å². The van der Waals surface area contributed by atoms with Crippen molar-refractivity contribution in [3.63, 3.8) is 0 Å². The largest absolute Gasteiger partial charge is 0.330 e. The van der Waals surface area contributed by atoms with Crippen molar-refractivity contribution in [1.29, 1.82) is 0 Å². The summed E-state index contributed by atoms with van der Waals surface area (Å²) in [4.78, 5) is 3.12. The molecule has 0 atom stereocenters. The Morgan fingerprint density at radius 3 is 2.88 bits per heavy atom. The zero-order chi connectivity index (χ0) is 12.0. The van der Waals surface area contributed by atoms with E-state index in [2.05, 4.69) is 10.1 Å². The SMILES string of the molecule is Cn1ccc(-n2c(=S)[nH]c3cccc(Cl)c32)n1. The normalized spacial score (nSPS) is 11.2. The number of rotatable bonds is 1. The maximum atomic E-state index is 6.21. The molecule has 4 nitrogen and oxygen atoms in total. The Kier molecular flexibility index (Phi) is 2.31. The molecule has 3 aromatic rings. The van der Waals surface area contributed by atoms with Crippen LogP contribution < -0.4 is 0 Å². The fraction of sp³-hybridized carbons (Fsp3) is 0.0909. The lowest BCUT2D eigenvalue weighted by atomic mass is 10.3. The van der Waals surface area contributed by atoms with Gasteiger partial charge in [0.05, 0.1) is 16.1 Å². The molecular weight excluding hydrogens is 256 g/mol. The highest BCUT2D eigenvalue weighted by molar-refractivity contribution is 7.71. The molecule has 0 amide bonds. The standard InChI is InChI=1S/C11H9ClN4S/c1-15-6-5-9(14-15)16-10-7(12)3-2-4-8(10)13-11(16)17/h2-6H,1H3,(H,13,17). The minimum absolute atomic E-state index is 0.590. The molecular formula is C11H9ClN4S. The lowest BCUT2D eigenvalue weighted by molar-refractivity contribution is 0.752. The number of benzene rings is 1. The van der Waals surface area contributed by atoms with Gasteiger partial charge < -0.3 is 4.98 Å². The molecule has 0 aliphatic rings. The van der Waals surface area contributed by atoms with E-state index in [4.69, 9.17) is 23.8 Å². The van der Waals surface area contributed by atoms with Gasteiger partial charge in [0.1, 0.15) is 0 Å². The fourth-order valence-corrected chi connectivity index (χ4v) is 2.41. The van der Waals surface area contributed by atoms with Gasteiger partial charge in [-0.15, -0.1) is 0 Å². The van der Waals surface area contributed by atoms with Gasteiger partial charge in [0.2, 0.25) is 0 Å². The minimum atomic E-state index is 0.590. The summed E-state index contributed by atoms with van der Waals surface area (Å²) in [5, 5.41) is 4.99. The first-order valence-corrected chi connectivity index (χ1v) is 5.85. The van der Waals surface area contributed by atoms with Crippen molar-refractivity contribution in [2.75, 3.05) is 0 Å². The van der Waals surface area contributed by atoms with Crippen molar-refractivity contribution >= 4 is 34.9 Å². The van der Waals surface area contributed by atoms with Gasteiger partial charge in [0, 0.05) is 19.3 Å². The zero-order valence-corrected chi connectivity index (χ0v) is 10.6. The van der Waals surface area contributed by atoms with Gasteiger partial charge in [-0.25, -0.2) is 0 Å². The van der Waals surface area contributed by atoms with Crippen molar-refractivity contribution in [3.8, 4) is 5.82 Å². The minimum Gasteiger partial charge on any atom is -0.330 e. The van der Waals surface area contributed by atoms with Crippen LogP contribution in [0.1, 0.15) is 0 Å². The first-order chi connectivity index (χ1) is 8.16. The smallest absolute Gasteiger partial charge is 0.184 e. The van der Waals surface area contributed by atoms with Gasteiger partial charge in [0.25, 0.3) is 0 Å². The summed E-state index contributed by atoms with van der Waals surface area (Å²) in [7, 11) is 1.86. The van der Waals surface area contributed by atoms with Gasteiger partial charge in [-0.3, -0.25) is 9.25 Å². The maximum absolute atomic E-state index is 6.21. The number of hydrogen-bond donors (Lipinski definition) is 1. The van der Waals surface area contributed by atoms with E-state index in [1.54, 1.807) is 4.68 Å². The van der Waals surface area contributed by atoms with Crippen LogP contribution in [0.5, 0.6) is 0 Å². The predicted molar refractivity (Wildman–Crippen MR) is 70.2 cm³/mol. The Balaban J connectivity index is 2.43. The van der Waals surface area contributed by atoms with Gasteiger partial charge in [-0.05, 0) is 24.4 Å². The third-order valence-corrected chi connectivity index (χ3v) is 3.17. The van der Waals surface area contributed by atoms with E-state index >= 15 is 0 Å². The van der Waals surface area contributed by atoms with Crippen molar-refractivity contribution in [1.82, 2.24) is 19.3 Å². The van der Waals surface area contributed by atoms with Crippen LogP contribution in [0.25, 0.3) is 16.9 Å². The van der Waals surface area contributed by atoms with Crippen molar-refractivity contribution in [3.05, 3.63) is 40.3 Å². The van der Waals surface area contributed by atoms with E-state index in [1.807, 2.05) is 42.1 Å². The molecule has 0 unspecified atom stereocenters. The van der Waals surface area contributed by atoms with Crippen LogP contribution in [0.3, 0.4) is 0 Å². The van der Waals surface area contributed by atoms with Gasteiger partial charge in [-0.2, -0.15) is 5.10 Å². The van der Waals surface area contributed by atoms with E-state index in [9.17, 15) is 0 Å². The van der Waals surface area contributed by atoms with Crippen LogP contribution in [0.15, 0.2) is 30.5 Å². The number of hydrogen-bond acceptors (Lipinski definition) is 2. The molecule has 3 rings (SSSR count). The Hall–Kier alpha value is -1.59. The molecule has 0 saturated heterocycles. The van der Waals surface area contributed by atoms with Crippen molar-refractivity contribution in [2.45, 2.75) is 0 Å². The Morgan fingerprint density at radius 2 is 2.18 bits per heavy atom. The van der Waals surface area contributed by atoms with Crippen LogP contribution in [0, 0.1) is 4.77 Å². The van der Waals surface area contributed by atoms with Gasteiger partial charge in [0.15, 0.2) is 10.6 Å². The van der Waals surface area contributed by atoms with Crippen LogP contribution >= 0.6 is 23.8 Å². The van der Waals surface area contributed by atoms with Crippen LogP contribution in [-0.4, -0.2) is 19.3 Å². The molecule has 0 radical (unpaired) electrons. The van der Waals surface area contributed by atoms with E-state index in [1.165, 1.54) is 0 Å². The quantitative estimate of drug-likeness (QED) is 0.686. The van der Waals surface area contributed by atoms with E-state index in [0.29, 0.717) is 9.79 Å². The second-order valence-corrected chi connectivity index (χ2v) is 4.54. The number of nitrogens with zero attached hydrogens (tertiary/aromatic N) is 3. The van der Waals surface area contributed by atoms with E-state index in [0.717, 1.165) is 16.9 Å². The van der Waals surface area contributed by atoms with Crippen LogP contribution in [-0.2, 0) is 7.05 Å². The fourth-order valence-electron chi connectivity index (χ4n) is 1.86. The van der Waals surface area contributed by atoms with Crippen molar-refractivity contribution < 1.29 is 0 Å². The third-order valence-electron chi connectivity index (χ3n) is 2.58. The summed E-state index contributed by atoms with van der Waals surface area (Å²) < 4.78 is 4.16. The van der Waals surface area contributed by atoms with Crippen LogP contribution in [0.2, 0.25) is 5.02 Å². The number of aryl methyl sites for hydroxylation is 1.